The summed E-state index contributed by atoms with van der Waals surface area (Å²) in [6.45, 7) is 0. The van der Waals surface area contributed by atoms with Crippen LogP contribution in [0.3, 0.4) is 0 Å². The van der Waals surface area contributed by atoms with E-state index < -0.39 is 120 Å². The summed E-state index contributed by atoms with van der Waals surface area (Å²) >= 11 is 0. The molecule has 0 bridgehead atoms. The minimum absolute atomic E-state index is 0. The van der Waals surface area contributed by atoms with Crippen LogP contribution in [0.5, 0.6) is 0 Å². The topological polar surface area (TPSA) is 167 Å². The van der Waals surface area contributed by atoms with Gasteiger partial charge < -0.3 is 20.4 Å². The number of alkyl halides is 24. The molecule has 305 valence electrons. The van der Waals surface area contributed by atoms with E-state index in [1.54, 1.807) is 0 Å². The SMILES string of the molecule is O/C(=C\C(=[OH+])C(F)(F)F)C(F)(F)F.O/C(=C\C(=[OH+])C(F)(F)F)C(F)(F)F.O/C(=C\C(=[OH+])C(F)(F)F)C(F)(F)F.O/C(=C\C(=[OH+])C(F)(F)F)C(F)(F)F.[Nd+3]. The van der Waals surface area contributed by atoms with Crippen molar-refractivity contribution in [3.63, 3.8) is 0 Å². The fourth-order valence-corrected chi connectivity index (χ4v) is 1.17. The zero-order valence-electron chi connectivity index (χ0n) is 23.5. The Morgan fingerprint density at radius 2 is 0.358 bits per heavy atom. The molecule has 0 aliphatic rings. The average Bonchev–Trinajstić information content (AvgIpc) is 2.85. The summed E-state index contributed by atoms with van der Waals surface area (Å²) in [6, 6.07) is 0. The Morgan fingerprint density at radius 3 is 0.415 bits per heavy atom. The van der Waals surface area contributed by atoms with Crippen molar-refractivity contribution < 1.29 is 186 Å². The van der Waals surface area contributed by atoms with E-state index in [4.69, 9.17) is 39.6 Å². The van der Waals surface area contributed by atoms with Crippen LogP contribution in [0.2, 0.25) is 0 Å². The minimum atomic E-state index is -5.31. The van der Waals surface area contributed by atoms with Gasteiger partial charge in [0.15, 0.2) is 0 Å². The normalized spacial score (nSPS) is 14.2. The number of hydrogen-bond donors (Lipinski definition) is 4. The molecule has 0 aromatic rings. The number of halogens is 24. The van der Waals surface area contributed by atoms with Gasteiger partial charge in [0.1, 0.15) is 0 Å². The zero-order valence-corrected chi connectivity index (χ0v) is 26.7. The van der Waals surface area contributed by atoms with Crippen LogP contribution < -0.4 is 0 Å². The van der Waals surface area contributed by atoms with Crippen molar-refractivity contribution in [2.75, 3.05) is 0 Å². The molecule has 0 unspecified atom stereocenters. The molecule has 0 saturated carbocycles. The first-order valence-electron chi connectivity index (χ1n) is 10.6. The molecule has 1 radical (unpaired) electrons. The number of allylic oxidation sites excluding steroid dienone is 8. The molecule has 8 N–H and O–H groups in total. The van der Waals surface area contributed by atoms with Crippen molar-refractivity contribution in [3.8, 4) is 0 Å². The maximum atomic E-state index is 11.4. The number of carbonyl (C=O) groups excluding carboxylic acids is 4. The predicted molar refractivity (Wildman–Crippen MR) is 119 cm³/mol. The first-order valence-corrected chi connectivity index (χ1v) is 10.6. The maximum Gasteiger partial charge on any atom is 3.00 e. The molecule has 0 spiro atoms. The molecule has 0 aliphatic heterocycles. The first kappa shape index (κ1) is 58.8. The van der Waals surface area contributed by atoms with Crippen LogP contribution in [-0.4, -0.2) is 112 Å². The summed E-state index contributed by atoms with van der Waals surface area (Å²) in [5.74, 6) is -20.1. The fraction of sp³-hybridized carbons (Fsp3) is 0.400. The van der Waals surface area contributed by atoms with Gasteiger partial charge in [-0.25, -0.2) is 0 Å². The maximum absolute atomic E-state index is 11.4. The molecule has 33 heteroatoms. The van der Waals surface area contributed by atoms with Gasteiger partial charge in [-0.3, -0.25) is 19.2 Å². The Labute approximate surface area is 305 Å². The summed E-state index contributed by atoms with van der Waals surface area (Å²) in [5.41, 5.74) is 0. The van der Waals surface area contributed by atoms with Crippen LogP contribution in [0.4, 0.5) is 105 Å². The Kier molecular flexibility index (Phi) is 23.1. The summed E-state index contributed by atoms with van der Waals surface area (Å²) < 4.78 is 273. The van der Waals surface area contributed by atoms with Crippen molar-refractivity contribution in [2.24, 2.45) is 0 Å². The molecule has 0 aliphatic carbocycles. The van der Waals surface area contributed by atoms with E-state index in [0.29, 0.717) is 0 Å². The van der Waals surface area contributed by atoms with Gasteiger partial charge in [0, 0.05) is 0 Å². The summed E-state index contributed by atoms with van der Waals surface area (Å²) in [7, 11) is 0. The van der Waals surface area contributed by atoms with Gasteiger partial charge in [-0.1, -0.05) is 0 Å². The Balaban J connectivity index is -0.000000192. The summed E-state index contributed by atoms with van der Waals surface area (Å²) in [5, 5.41) is 31.9. The van der Waals surface area contributed by atoms with Gasteiger partial charge in [-0.2, -0.15) is 105 Å². The van der Waals surface area contributed by atoms with Crippen LogP contribution in [0.1, 0.15) is 0 Å². The molecule has 53 heavy (non-hydrogen) atoms. The van der Waals surface area contributed by atoms with E-state index in [2.05, 4.69) is 0 Å². The van der Waals surface area contributed by atoms with Crippen molar-refractivity contribution in [1.29, 1.82) is 0 Å². The second kappa shape index (κ2) is 20.8. The molecular formula is C20H12F24NdO8+7. The predicted octanol–water partition coefficient (Wildman–Crippen LogP) is 8.39. The summed E-state index contributed by atoms with van der Waals surface area (Å²) in [6.07, 6.45) is -45.7. The van der Waals surface area contributed by atoms with Crippen LogP contribution in [0, 0.1) is 40.8 Å². The van der Waals surface area contributed by atoms with Gasteiger partial charge in [0.2, 0.25) is 23.0 Å². The van der Waals surface area contributed by atoms with E-state index in [1.165, 1.54) is 0 Å². The Hall–Kier alpha value is -3.49. The second-order valence-corrected chi connectivity index (χ2v) is 7.64. The number of rotatable bonds is 4. The van der Waals surface area contributed by atoms with Crippen LogP contribution in [0.15, 0.2) is 47.3 Å². The number of ketones is 4. The van der Waals surface area contributed by atoms with Crippen molar-refractivity contribution in [2.45, 2.75) is 49.4 Å². The number of hydrogen-bond acceptors (Lipinski definition) is 4. The van der Waals surface area contributed by atoms with E-state index in [9.17, 15) is 105 Å². The third-order valence-electron chi connectivity index (χ3n) is 3.42. The number of aliphatic hydroxyl groups is 4. The fourth-order valence-electron chi connectivity index (χ4n) is 1.17. The molecule has 0 amide bonds. The molecule has 0 aromatic carbocycles. The van der Waals surface area contributed by atoms with Gasteiger partial charge in [-0.15, -0.1) is 0 Å². The van der Waals surface area contributed by atoms with Crippen LogP contribution in [0.25, 0.3) is 0 Å². The Bertz CT molecular complexity index is 1150. The van der Waals surface area contributed by atoms with Crippen molar-refractivity contribution in [1.82, 2.24) is 0 Å². The standard InChI is InChI=1S/4C5H2F6O2.Nd/c4*6-4(7,8)2(12)1-3(13)5(9,10)11;/h4*1,12H;/q;;;;+3/p+4/b4*2-1-;. The quantitative estimate of drug-likeness (QED) is 0.0963. The largest absolute Gasteiger partial charge is 3.00 e. The van der Waals surface area contributed by atoms with Crippen molar-refractivity contribution in [3.05, 3.63) is 47.3 Å². The molecular weight excluding hydrogens is 968 g/mol. The van der Waals surface area contributed by atoms with Gasteiger partial charge in [-0.05, 0) is 0 Å². The second-order valence-electron chi connectivity index (χ2n) is 7.64. The first-order chi connectivity index (χ1) is 22.2. The molecule has 0 aromatic heterocycles. The van der Waals surface area contributed by atoms with E-state index in [0.717, 1.165) is 0 Å². The van der Waals surface area contributed by atoms with Gasteiger partial charge in [0.05, 0.1) is 24.3 Å². The van der Waals surface area contributed by atoms with Gasteiger partial charge >= 0.3 is 113 Å². The smallest absolute Gasteiger partial charge is 0.504 e. The Morgan fingerprint density at radius 1 is 0.264 bits per heavy atom. The average molecular weight is 981 g/mol. The molecule has 0 atom stereocenters. The van der Waals surface area contributed by atoms with E-state index in [-0.39, 0.29) is 40.8 Å². The minimum Gasteiger partial charge on any atom is -0.504 e. The summed E-state index contributed by atoms with van der Waals surface area (Å²) in [4.78, 5) is 31.9. The van der Waals surface area contributed by atoms with Crippen molar-refractivity contribution >= 4 is 23.1 Å². The molecule has 8 nitrogen and oxygen atoms in total. The van der Waals surface area contributed by atoms with Gasteiger partial charge in [0.25, 0.3) is 0 Å². The third-order valence-corrected chi connectivity index (χ3v) is 3.42. The zero-order chi connectivity index (χ0) is 43.4. The third kappa shape index (κ3) is 28.7. The monoisotopic (exact) mass is 978 g/mol. The molecule has 0 rings (SSSR count). The van der Waals surface area contributed by atoms with Crippen LogP contribution >= 0.6 is 0 Å². The molecule has 0 saturated heterocycles. The molecule has 0 fully saturated rings. The molecule has 0 heterocycles. The number of aliphatic hydroxyl groups excluding tert-OH is 4. The van der Waals surface area contributed by atoms with Crippen LogP contribution in [-0.2, 0) is 0 Å². The van der Waals surface area contributed by atoms with E-state index in [1.807, 2.05) is 0 Å². The van der Waals surface area contributed by atoms with E-state index >= 15 is 0 Å².